The van der Waals surface area contributed by atoms with Crippen molar-refractivity contribution in [3.05, 3.63) is 74.0 Å². The van der Waals surface area contributed by atoms with E-state index in [-0.39, 0.29) is 5.63 Å². The number of hydrogen-bond donors (Lipinski definition) is 0. The number of fused-ring (bicyclic) bond motifs is 1. The van der Waals surface area contributed by atoms with E-state index in [1.165, 1.54) is 0 Å². The number of rotatable bonds is 6. The molecule has 25 heavy (non-hydrogen) atoms. The van der Waals surface area contributed by atoms with Crippen molar-refractivity contribution in [1.29, 1.82) is 0 Å². The highest BCUT2D eigenvalue weighted by Gasteiger charge is 2.09. The molecule has 0 atom stereocenters. The number of hydrogen-bond acceptors (Lipinski definition) is 4. The molecule has 0 aliphatic rings. The van der Waals surface area contributed by atoms with Crippen LogP contribution in [0.25, 0.3) is 11.0 Å². The average molecular weight is 423 g/mol. The van der Waals surface area contributed by atoms with Crippen molar-refractivity contribution in [1.82, 2.24) is 4.90 Å². The van der Waals surface area contributed by atoms with Crippen molar-refractivity contribution in [3.63, 3.8) is 0 Å². The van der Waals surface area contributed by atoms with Gasteiger partial charge < -0.3 is 9.15 Å². The molecular formula is C19H17BrClNO3. The Morgan fingerprint density at radius 3 is 2.80 bits per heavy atom. The summed E-state index contributed by atoms with van der Waals surface area (Å²) in [6.45, 7) is 1.82. The van der Waals surface area contributed by atoms with Gasteiger partial charge in [-0.05, 0) is 42.9 Å². The van der Waals surface area contributed by atoms with E-state index in [9.17, 15) is 4.79 Å². The lowest BCUT2D eigenvalue weighted by Gasteiger charge is -2.18. The van der Waals surface area contributed by atoms with Gasteiger partial charge in [-0.25, -0.2) is 4.79 Å². The van der Waals surface area contributed by atoms with Gasteiger partial charge in [-0.2, -0.15) is 0 Å². The maximum absolute atomic E-state index is 11.8. The Morgan fingerprint density at radius 2 is 2.00 bits per heavy atom. The number of ether oxygens (including phenoxy) is 1. The topological polar surface area (TPSA) is 42.7 Å². The minimum atomic E-state index is -0.346. The SMILES string of the molecule is CN(CCOc1ccccc1Cl)Cc1cc(=O)oc2cc(Br)ccc12. The van der Waals surface area contributed by atoms with Crippen molar-refractivity contribution in [2.75, 3.05) is 20.2 Å². The summed E-state index contributed by atoms with van der Waals surface area (Å²) in [7, 11) is 1.98. The molecule has 0 aliphatic heterocycles. The van der Waals surface area contributed by atoms with Gasteiger partial charge in [-0.15, -0.1) is 0 Å². The van der Waals surface area contributed by atoms with Gasteiger partial charge in [0.05, 0.1) is 5.02 Å². The molecule has 0 saturated heterocycles. The molecule has 0 amide bonds. The fourth-order valence-corrected chi connectivity index (χ4v) is 3.11. The lowest BCUT2D eigenvalue weighted by molar-refractivity contribution is 0.233. The largest absolute Gasteiger partial charge is 0.491 e. The molecule has 1 heterocycles. The lowest BCUT2D eigenvalue weighted by atomic mass is 10.1. The molecule has 6 heteroatoms. The zero-order chi connectivity index (χ0) is 17.8. The predicted molar refractivity (Wildman–Crippen MR) is 103 cm³/mol. The highest BCUT2D eigenvalue weighted by molar-refractivity contribution is 9.10. The van der Waals surface area contributed by atoms with Crippen molar-refractivity contribution in [2.24, 2.45) is 0 Å². The Hall–Kier alpha value is -1.82. The van der Waals surface area contributed by atoms with E-state index in [2.05, 4.69) is 20.8 Å². The first-order valence-corrected chi connectivity index (χ1v) is 8.98. The molecule has 3 rings (SSSR count). The molecule has 0 bridgehead atoms. The predicted octanol–water partition coefficient (Wildman–Crippen LogP) is 4.72. The van der Waals surface area contributed by atoms with Crippen LogP contribution in [0.4, 0.5) is 0 Å². The van der Waals surface area contributed by atoms with Crippen molar-refractivity contribution in [3.8, 4) is 5.75 Å². The molecule has 1 aromatic heterocycles. The van der Waals surface area contributed by atoms with Crippen LogP contribution in [-0.2, 0) is 6.54 Å². The second-order valence-electron chi connectivity index (χ2n) is 5.75. The van der Waals surface area contributed by atoms with E-state index < -0.39 is 0 Å². The molecule has 0 unspecified atom stereocenters. The van der Waals surface area contributed by atoms with Gasteiger partial charge in [0, 0.05) is 29.0 Å². The minimum Gasteiger partial charge on any atom is -0.491 e. The summed E-state index contributed by atoms with van der Waals surface area (Å²) >= 11 is 9.47. The van der Waals surface area contributed by atoms with Crippen molar-refractivity contribution < 1.29 is 9.15 Å². The minimum absolute atomic E-state index is 0.346. The maximum atomic E-state index is 11.8. The van der Waals surface area contributed by atoms with Gasteiger partial charge in [-0.1, -0.05) is 39.7 Å². The number of para-hydroxylation sites is 1. The van der Waals surface area contributed by atoms with E-state index >= 15 is 0 Å². The molecule has 0 aliphatic carbocycles. The Balaban J connectivity index is 1.67. The average Bonchev–Trinajstić information content (AvgIpc) is 2.56. The standard InChI is InChI=1S/C19H17BrClNO3/c1-22(8-9-24-17-5-3-2-4-16(17)21)12-13-10-19(23)25-18-11-14(20)6-7-15(13)18/h2-7,10-11H,8-9,12H2,1H3. The molecule has 130 valence electrons. The first kappa shape index (κ1) is 18.0. The number of benzene rings is 2. The molecule has 0 spiro atoms. The van der Waals surface area contributed by atoms with Gasteiger partial charge in [0.1, 0.15) is 17.9 Å². The van der Waals surface area contributed by atoms with Gasteiger partial charge in [0.25, 0.3) is 0 Å². The summed E-state index contributed by atoms with van der Waals surface area (Å²) in [4.78, 5) is 13.9. The third kappa shape index (κ3) is 4.63. The van der Waals surface area contributed by atoms with Crippen LogP contribution in [0.2, 0.25) is 5.02 Å². The molecule has 4 nitrogen and oxygen atoms in total. The maximum Gasteiger partial charge on any atom is 0.336 e. The molecule has 2 aromatic carbocycles. The van der Waals surface area contributed by atoms with Crippen LogP contribution in [0, 0.1) is 0 Å². The second-order valence-corrected chi connectivity index (χ2v) is 7.07. The summed E-state index contributed by atoms with van der Waals surface area (Å²) in [6.07, 6.45) is 0. The summed E-state index contributed by atoms with van der Waals surface area (Å²) < 4.78 is 11.9. The summed E-state index contributed by atoms with van der Waals surface area (Å²) in [6, 6.07) is 14.6. The smallest absolute Gasteiger partial charge is 0.336 e. The normalized spacial score (nSPS) is 11.2. The number of nitrogens with zero attached hydrogens (tertiary/aromatic N) is 1. The number of likely N-dealkylation sites (N-methyl/N-ethyl adjacent to an activating group) is 1. The fraction of sp³-hybridized carbons (Fsp3) is 0.211. The third-order valence-electron chi connectivity index (χ3n) is 3.80. The van der Waals surface area contributed by atoms with Gasteiger partial charge in [0.15, 0.2) is 0 Å². The van der Waals surface area contributed by atoms with Gasteiger partial charge >= 0.3 is 5.63 Å². The zero-order valence-electron chi connectivity index (χ0n) is 13.7. The summed E-state index contributed by atoms with van der Waals surface area (Å²) in [5.41, 5.74) is 1.16. The third-order valence-corrected chi connectivity index (χ3v) is 4.61. The Bertz CT molecular complexity index is 941. The Kier molecular flexibility index (Phi) is 5.78. The van der Waals surface area contributed by atoms with E-state index in [1.807, 2.05) is 37.4 Å². The van der Waals surface area contributed by atoms with Crippen LogP contribution in [0.3, 0.4) is 0 Å². The van der Waals surface area contributed by atoms with Crippen LogP contribution in [0.15, 0.2) is 62.2 Å². The van der Waals surface area contributed by atoms with E-state index in [0.717, 1.165) is 15.4 Å². The van der Waals surface area contributed by atoms with Crippen molar-refractivity contribution in [2.45, 2.75) is 6.54 Å². The quantitative estimate of drug-likeness (QED) is 0.539. The second kappa shape index (κ2) is 8.04. The van der Waals surface area contributed by atoms with Crippen LogP contribution in [0.5, 0.6) is 5.75 Å². The van der Waals surface area contributed by atoms with Gasteiger partial charge in [0.2, 0.25) is 0 Å². The number of halogens is 2. The molecule has 0 fully saturated rings. The van der Waals surface area contributed by atoms with Crippen LogP contribution >= 0.6 is 27.5 Å². The fourth-order valence-electron chi connectivity index (χ4n) is 2.58. The first-order chi connectivity index (χ1) is 12.0. The first-order valence-electron chi connectivity index (χ1n) is 7.81. The lowest BCUT2D eigenvalue weighted by Crippen LogP contribution is -2.24. The molecule has 0 saturated carbocycles. The highest BCUT2D eigenvalue weighted by atomic mass is 79.9. The van der Waals surface area contributed by atoms with Crippen molar-refractivity contribution >= 4 is 38.5 Å². The van der Waals surface area contributed by atoms with E-state index in [0.29, 0.717) is 36.1 Å². The van der Waals surface area contributed by atoms with Crippen LogP contribution in [-0.4, -0.2) is 25.1 Å². The van der Waals surface area contributed by atoms with E-state index in [4.69, 9.17) is 20.8 Å². The monoisotopic (exact) mass is 421 g/mol. The Labute approximate surface area is 159 Å². The Morgan fingerprint density at radius 1 is 1.20 bits per heavy atom. The van der Waals surface area contributed by atoms with Crippen LogP contribution in [0.1, 0.15) is 5.56 Å². The molecule has 0 radical (unpaired) electrons. The molecule has 3 aromatic rings. The van der Waals surface area contributed by atoms with E-state index in [1.54, 1.807) is 18.2 Å². The molecule has 0 N–H and O–H groups in total. The zero-order valence-corrected chi connectivity index (χ0v) is 16.0. The van der Waals surface area contributed by atoms with Gasteiger partial charge in [-0.3, -0.25) is 4.90 Å². The molecular weight excluding hydrogens is 406 g/mol. The highest BCUT2D eigenvalue weighted by Crippen LogP contribution is 2.24. The van der Waals surface area contributed by atoms with Crippen LogP contribution < -0.4 is 10.4 Å². The summed E-state index contributed by atoms with van der Waals surface area (Å²) in [5.74, 6) is 0.674. The summed E-state index contributed by atoms with van der Waals surface area (Å²) in [5, 5.41) is 1.53.